The molecule has 0 saturated heterocycles. The Morgan fingerprint density at radius 3 is 2.72 bits per heavy atom. The van der Waals surface area contributed by atoms with Crippen molar-refractivity contribution in [1.82, 2.24) is 0 Å². The molecule has 0 aliphatic carbocycles. The second kappa shape index (κ2) is 6.26. The van der Waals surface area contributed by atoms with Crippen molar-refractivity contribution < 1.29 is 14.6 Å². The maximum atomic E-state index is 10.8. The molecule has 18 heavy (non-hydrogen) atoms. The van der Waals surface area contributed by atoms with Crippen molar-refractivity contribution in [2.75, 3.05) is 31.4 Å². The van der Waals surface area contributed by atoms with Gasteiger partial charge in [-0.1, -0.05) is 0 Å². The summed E-state index contributed by atoms with van der Waals surface area (Å²) in [5.41, 5.74) is 7.40. The molecule has 1 unspecified atom stereocenters. The molecule has 1 atom stereocenters. The Kier molecular flexibility index (Phi) is 4.97. The van der Waals surface area contributed by atoms with E-state index in [1.54, 1.807) is 19.2 Å². The minimum absolute atomic E-state index is 0.203. The van der Waals surface area contributed by atoms with Crippen molar-refractivity contribution in [1.29, 1.82) is 0 Å². The SMILES string of the molecule is COCCC(C)N(C)c1ccc(C(=O)O)cc1N. The molecule has 5 heteroatoms. The Labute approximate surface area is 107 Å². The molecule has 0 aliphatic rings. The predicted octanol–water partition coefficient (Wildman–Crippen LogP) is 1.83. The van der Waals surface area contributed by atoms with Crippen molar-refractivity contribution in [3.05, 3.63) is 23.8 Å². The maximum absolute atomic E-state index is 10.8. The van der Waals surface area contributed by atoms with Crippen LogP contribution >= 0.6 is 0 Å². The molecule has 0 heterocycles. The van der Waals surface area contributed by atoms with Crippen LogP contribution in [0.15, 0.2) is 18.2 Å². The average Bonchev–Trinajstić information content (AvgIpc) is 2.34. The summed E-state index contributed by atoms with van der Waals surface area (Å²) in [4.78, 5) is 12.9. The molecule has 0 aliphatic heterocycles. The highest BCUT2D eigenvalue weighted by Gasteiger charge is 2.14. The molecule has 1 aromatic carbocycles. The number of methoxy groups -OCH3 is 1. The van der Waals surface area contributed by atoms with E-state index >= 15 is 0 Å². The van der Waals surface area contributed by atoms with Gasteiger partial charge in [0.05, 0.1) is 16.9 Å². The largest absolute Gasteiger partial charge is 0.478 e. The number of rotatable bonds is 6. The summed E-state index contributed by atoms with van der Waals surface area (Å²) in [5, 5.41) is 8.88. The van der Waals surface area contributed by atoms with E-state index in [1.807, 2.05) is 11.9 Å². The van der Waals surface area contributed by atoms with Gasteiger partial charge in [0.15, 0.2) is 0 Å². The van der Waals surface area contributed by atoms with Gasteiger partial charge >= 0.3 is 5.97 Å². The third kappa shape index (κ3) is 3.37. The molecule has 100 valence electrons. The number of hydrogen-bond acceptors (Lipinski definition) is 4. The number of nitrogen functional groups attached to an aromatic ring is 1. The third-order valence-electron chi connectivity index (χ3n) is 3.06. The van der Waals surface area contributed by atoms with Gasteiger partial charge < -0.3 is 20.5 Å². The molecule has 0 fully saturated rings. The van der Waals surface area contributed by atoms with Crippen LogP contribution in [0.4, 0.5) is 11.4 Å². The van der Waals surface area contributed by atoms with Crippen LogP contribution in [0.25, 0.3) is 0 Å². The minimum Gasteiger partial charge on any atom is -0.478 e. The van der Waals surface area contributed by atoms with E-state index in [4.69, 9.17) is 15.6 Å². The summed E-state index contributed by atoms with van der Waals surface area (Å²) in [6.07, 6.45) is 0.882. The zero-order valence-corrected chi connectivity index (χ0v) is 11.0. The molecule has 1 rings (SSSR count). The Bertz CT molecular complexity index is 421. The van der Waals surface area contributed by atoms with Crippen LogP contribution in [0.5, 0.6) is 0 Å². The zero-order valence-electron chi connectivity index (χ0n) is 11.0. The number of anilines is 2. The molecular weight excluding hydrogens is 232 g/mol. The first kappa shape index (κ1) is 14.3. The molecule has 0 bridgehead atoms. The smallest absolute Gasteiger partial charge is 0.335 e. The lowest BCUT2D eigenvalue weighted by molar-refractivity contribution is 0.0697. The summed E-state index contributed by atoms with van der Waals surface area (Å²) < 4.78 is 5.04. The highest BCUT2D eigenvalue weighted by Crippen LogP contribution is 2.25. The van der Waals surface area contributed by atoms with Crippen molar-refractivity contribution in [2.24, 2.45) is 0 Å². The Morgan fingerprint density at radius 1 is 1.56 bits per heavy atom. The number of ether oxygens (including phenoxy) is 1. The van der Waals surface area contributed by atoms with Crippen molar-refractivity contribution in [3.8, 4) is 0 Å². The summed E-state index contributed by atoms with van der Waals surface area (Å²) in [5.74, 6) is -0.969. The Balaban J connectivity index is 2.86. The molecule has 3 N–H and O–H groups in total. The Hall–Kier alpha value is -1.75. The lowest BCUT2D eigenvalue weighted by Crippen LogP contribution is -2.30. The van der Waals surface area contributed by atoms with Crippen LogP contribution in [-0.4, -0.2) is 37.9 Å². The van der Waals surface area contributed by atoms with Gasteiger partial charge in [0, 0.05) is 26.8 Å². The van der Waals surface area contributed by atoms with Gasteiger partial charge in [-0.15, -0.1) is 0 Å². The van der Waals surface area contributed by atoms with Crippen LogP contribution in [-0.2, 0) is 4.74 Å². The van der Waals surface area contributed by atoms with Gasteiger partial charge in [0.1, 0.15) is 0 Å². The highest BCUT2D eigenvalue weighted by molar-refractivity contribution is 5.90. The van der Waals surface area contributed by atoms with Crippen LogP contribution in [0.1, 0.15) is 23.7 Å². The fourth-order valence-corrected chi connectivity index (χ4v) is 1.73. The first-order valence-electron chi connectivity index (χ1n) is 5.82. The van der Waals surface area contributed by atoms with E-state index in [0.29, 0.717) is 12.3 Å². The quantitative estimate of drug-likeness (QED) is 0.755. The van der Waals surface area contributed by atoms with E-state index in [2.05, 4.69) is 6.92 Å². The molecule has 5 nitrogen and oxygen atoms in total. The third-order valence-corrected chi connectivity index (χ3v) is 3.06. The van der Waals surface area contributed by atoms with Crippen molar-refractivity contribution >= 4 is 17.3 Å². The molecule has 0 radical (unpaired) electrons. The number of aromatic carboxylic acids is 1. The van der Waals surface area contributed by atoms with Gasteiger partial charge in [0.2, 0.25) is 0 Å². The topological polar surface area (TPSA) is 75.8 Å². The number of carboxylic acid groups (broad SMARTS) is 1. The second-order valence-electron chi connectivity index (χ2n) is 4.32. The molecular formula is C13H20N2O3. The normalized spacial score (nSPS) is 12.2. The second-order valence-corrected chi connectivity index (χ2v) is 4.32. The fraction of sp³-hybridized carbons (Fsp3) is 0.462. The van der Waals surface area contributed by atoms with Gasteiger partial charge in [0.25, 0.3) is 0 Å². The number of carbonyl (C=O) groups is 1. The molecule has 0 aromatic heterocycles. The van der Waals surface area contributed by atoms with Crippen LogP contribution in [0.2, 0.25) is 0 Å². The van der Waals surface area contributed by atoms with Gasteiger partial charge in [-0.05, 0) is 31.5 Å². The summed E-state index contributed by atoms with van der Waals surface area (Å²) in [6.45, 7) is 2.75. The van der Waals surface area contributed by atoms with Gasteiger partial charge in [-0.25, -0.2) is 4.79 Å². The van der Waals surface area contributed by atoms with Crippen LogP contribution in [0, 0.1) is 0 Å². The first-order chi connectivity index (χ1) is 8.47. The lowest BCUT2D eigenvalue weighted by atomic mass is 10.1. The number of carboxylic acids is 1. The standard InChI is InChI=1S/C13H20N2O3/c1-9(6-7-18-3)15(2)12-5-4-10(13(16)17)8-11(12)14/h4-5,8-9H,6-7,14H2,1-3H3,(H,16,17). The monoisotopic (exact) mass is 252 g/mol. The zero-order chi connectivity index (χ0) is 13.7. The highest BCUT2D eigenvalue weighted by atomic mass is 16.5. The number of benzene rings is 1. The van der Waals surface area contributed by atoms with Crippen molar-refractivity contribution in [3.63, 3.8) is 0 Å². The predicted molar refractivity (Wildman–Crippen MR) is 72.2 cm³/mol. The van der Waals surface area contributed by atoms with Gasteiger partial charge in [-0.2, -0.15) is 0 Å². The average molecular weight is 252 g/mol. The summed E-state index contributed by atoms with van der Waals surface area (Å²) in [6, 6.07) is 5.05. The molecule has 1 aromatic rings. The summed E-state index contributed by atoms with van der Waals surface area (Å²) in [7, 11) is 3.61. The lowest BCUT2D eigenvalue weighted by Gasteiger charge is -2.28. The maximum Gasteiger partial charge on any atom is 0.335 e. The number of nitrogens with zero attached hydrogens (tertiary/aromatic N) is 1. The molecule has 0 saturated carbocycles. The first-order valence-corrected chi connectivity index (χ1v) is 5.82. The van der Waals surface area contributed by atoms with Crippen molar-refractivity contribution in [2.45, 2.75) is 19.4 Å². The van der Waals surface area contributed by atoms with Gasteiger partial charge in [-0.3, -0.25) is 0 Å². The summed E-state index contributed by atoms with van der Waals surface area (Å²) >= 11 is 0. The molecule has 0 amide bonds. The minimum atomic E-state index is -0.969. The van der Waals surface area contributed by atoms with Crippen LogP contribution in [0.3, 0.4) is 0 Å². The van der Waals surface area contributed by atoms with E-state index in [0.717, 1.165) is 12.1 Å². The van der Waals surface area contributed by atoms with E-state index < -0.39 is 5.97 Å². The van der Waals surface area contributed by atoms with Crippen LogP contribution < -0.4 is 10.6 Å². The Morgan fingerprint density at radius 2 is 2.22 bits per heavy atom. The fourth-order valence-electron chi connectivity index (χ4n) is 1.73. The van der Waals surface area contributed by atoms with E-state index in [-0.39, 0.29) is 11.6 Å². The molecule has 0 spiro atoms. The number of nitrogens with two attached hydrogens (primary N) is 1. The van der Waals surface area contributed by atoms with E-state index in [1.165, 1.54) is 6.07 Å². The van der Waals surface area contributed by atoms with E-state index in [9.17, 15) is 4.79 Å². The number of hydrogen-bond donors (Lipinski definition) is 2.